The number of hydrogen-bond acceptors (Lipinski definition) is 0. The first-order valence-electron chi connectivity index (χ1n) is 16.3. The molecule has 0 unspecified atom stereocenters. The van der Waals surface area contributed by atoms with Crippen molar-refractivity contribution in [3.05, 3.63) is 187 Å². The van der Waals surface area contributed by atoms with Crippen molar-refractivity contribution in [1.82, 2.24) is 4.57 Å². The molecule has 0 aliphatic carbocycles. The summed E-state index contributed by atoms with van der Waals surface area (Å²) in [6.07, 6.45) is 0. The predicted molar refractivity (Wildman–Crippen MR) is 205 cm³/mol. The number of aromatic nitrogens is 1. The molecule has 3 nitrogen and oxygen atoms in total. The Hall–Kier alpha value is -6.94. The van der Waals surface area contributed by atoms with Gasteiger partial charge in [-0.25, -0.2) is 9.69 Å². The van der Waals surface area contributed by atoms with Crippen LogP contribution in [0.3, 0.4) is 0 Å². The van der Waals surface area contributed by atoms with Gasteiger partial charge >= 0.3 is 0 Å². The van der Waals surface area contributed by atoms with E-state index in [1.54, 1.807) is 0 Å². The fourth-order valence-corrected chi connectivity index (χ4v) is 7.67. The van der Waals surface area contributed by atoms with E-state index in [2.05, 4.69) is 148 Å². The molecule has 0 atom stereocenters. The number of benzene rings is 8. The first-order chi connectivity index (χ1) is 24.3. The maximum atomic E-state index is 8.69. The van der Waals surface area contributed by atoms with Crippen molar-refractivity contribution in [3.63, 3.8) is 0 Å². The molecule has 0 radical (unpaired) electrons. The average molecular weight is 622 g/mol. The second-order valence-electron chi connectivity index (χ2n) is 12.2. The molecular formula is C46H27N3. The highest BCUT2D eigenvalue weighted by Crippen LogP contribution is 2.50. The Bertz CT molecular complexity index is 2740. The third-order valence-corrected chi connectivity index (χ3v) is 9.64. The maximum absolute atomic E-state index is 8.69. The molecule has 49 heavy (non-hydrogen) atoms. The molecule has 0 bridgehead atoms. The van der Waals surface area contributed by atoms with Crippen molar-refractivity contribution in [2.45, 2.75) is 0 Å². The van der Waals surface area contributed by atoms with Crippen LogP contribution in [-0.4, -0.2) is 4.57 Å². The van der Waals surface area contributed by atoms with E-state index in [1.807, 2.05) is 30.3 Å². The molecule has 8 aromatic carbocycles. The highest BCUT2D eigenvalue weighted by Gasteiger charge is 2.24. The van der Waals surface area contributed by atoms with Crippen LogP contribution in [0.1, 0.15) is 0 Å². The number of nitrogens with zero attached hydrogens (tertiary/aromatic N) is 3. The van der Waals surface area contributed by atoms with Crippen LogP contribution in [0.25, 0.3) is 92.1 Å². The van der Waals surface area contributed by atoms with Gasteiger partial charge in [-0.2, -0.15) is 0 Å². The van der Waals surface area contributed by atoms with Gasteiger partial charge in [0.1, 0.15) is 0 Å². The summed E-state index contributed by atoms with van der Waals surface area (Å²) in [6, 6.07) is 56.3. The molecule has 3 heteroatoms. The molecular weight excluding hydrogens is 595 g/mol. The molecule has 9 aromatic rings. The lowest BCUT2D eigenvalue weighted by atomic mass is 9.84. The van der Waals surface area contributed by atoms with E-state index >= 15 is 0 Å². The van der Waals surface area contributed by atoms with Gasteiger partial charge in [-0.05, 0) is 67.6 Å². The van der Waals surface area contributed by atoms with E-state index < -0.39 is 0 Å². The van der Waals surface area contributed by atoms with E-state index in [9.17, 15) is 0 Å². The van der Waals surface area contributed by atoms with Gasteiger partial charge in [-0.1, -0.05) is 146 Å². The van der Waals surface area contributed by atoms with Crippen LogP contribution >= 0.6 is 0 Å². The van der Waals surface area contributed by atoms with E-state index in [4.69, 9.17) is 13.1 Å². The van der Waals surface area contributed by atoms with Gasteiger partial charge in [-0.15, -0.1) is 0 Å². The summed E-state index contributed by atoms with van der Waals surface area (Å²) in [6.45, 7) is 17.0. The van der Waals surface area contributed by atoms with E-state index in [-0.39, 0.29) is 0 Å². The zero-order valence-corrected chi connectivity index (χ0v) is 26.4. The van der Waals surface area contributed by atoms with E-state index in [1.165, 1.54) is 5.56 Å². The molecule has 0 saturated heterocycles. The molecule has 1 heterocycles. The maximum Gasteiger partial charge on any atom is 0.201 e. The van der Waals surface area contributed by atoms with Crippen LogP contribution in [0.15, 0.2) is 164 Å². The summed E-state index contributed by atoms with van der Waals surface area (Å²) < 4.78 is 2.24. The molecule has 0 amide bonds. The minimum Gasteiger partial charge on any atom is -0.310 e. The smallest absolute Gasteiger partial charge is 0.201 e. The molecule has 0 aliphatic heterocycles. The summed E-state index contributed by atoms with van der Waals surface area (Å²) in [4.78, 5) is 8.31. The van der Waals surface area contributed by atoms with Crippen molar-refractivity contribution in [3.8, 4) is 39.1 Å². The van der Waals surface area contributed by atoms with Gasteiger partial charge in [0.25, 0.3) is 0 Å². The molecule has 0 spiro atoms. The van der Waals surface area contributed by atoms with Crippen molar-refractivity contribution in [1.29, 1.82) is 0 Å². The topological polar surface area (TPSA) is 13.6 Å². The minimum atomic E-state index is 0.510. The van der Waals surface area contributed by atoms with Crippen LogP contribution in [0.5, 0.6) is 0 Å². The second kappa shape index (κ2) is 11.4. The van der Waals surface area contributed by atoms with Crippen molar-refractivity contribution >= 4 is 54.7 Å². The van der Waals surface area contributed by atoms with Gasteiger partial charge in [0.2, 0.25) is 5.69 Å². The quantitative estimate of drug-likeness (QED) is 0.137. The first-order valence-corrected chi connectivity index (χ1v) is 16.3. The normalized spacial score (nSPS) is 11.2. The van der Waals surface area contributed by atoms with Crippen LogP contribution < -0.4 is 0 Å². The lowest BCUT2D eigenvalue weighted by Gasteiger charge is -2.21. The molecule has 9 rings (SSSR count). The Kier molecular flexibility index (Phi) is 6.58. The van der Waals surface area contributed by atoms with Crippen molar-refractivity contribution < 1.29 is 0 Å². The van der Waals surface area contributed by atoms with Crippen molar-refractivity contribution in [2.75, 3.05) is 0 Å². The summed E-state index contributed by atoms with van der Waals surface area (Å²) in [5, 5.41) is 6.74. The second-order valence-corrected chi connectivity index (χ2v) is 12.2. The predicted octanol–water partition coefficient (Wildman–Crippen LogP) is 13.2. The third-order valence-electron chi connectivity index (χ3n) is 9.64. The molecule has 0 N–H and O–H groups in total. The fraction of sp³-hybridized carbons (Fsp3) is 0. The lowest BCUT2D eigenvalue weighted by Crippen LogP contribution is -1.98. The minimum absolute atomic E-state index is 0.510. The number of fused-ring (bicyclic) bond motifs is 5. The summed E-state index contributed by atoms with van der Waals surface area (Å²) >= 11 is 0. The highest BCUT2D eigenvalue weighted by molar-refractivity contribution is 6.23. The van der Waals surface area contributed by atoms with Crippen molar-refractivity contribution in [2.24, 2.45) is 0 Å². The molecule has 0 saturated carbocycles. The van der Waals surface area contributed by atoms with Gasteiger partial charge < -0.3 is 4.57 Å². The first kappa shape index (κ1) is 28.3. The average Bonchev–Trinajstić information content (AvgIpc) is 3.51. The Morgan fingerprint density at radius 2 is 0.837 bits per heavy atom. The largest absolute Gasteiger partial charge is 0.310 e. The number of hydrogen-bond donors (Lipinski definition) is 0. The summed E-state index contributed by atoms with van der Waals surface area (Å²) in [5.41, 5.74) is 9.75. The Morgan fingerprint density at radius 1 is 0.367 bits per heavy atom. The molecule has 0 aliphatic rings. The van der Waals surface area contributed by atoms with E-state index in [0.717, 1.165) is 76.9 Å². The van der Waals surface area contributed by atoms with Gasteiger partial charge in [0.15, 0.2) is 5.69 Å². The number of rotatable bonds is 4. The fourth-order valence-electron chi connectivity index (χ4n) is 7.67. The molecule has 1 aromatic heterocycles. The summed E-state index contributed by atoms with van der Waals surface area (Å²) in [5.74, 6) is 0. The van der Waals surface area contributed by atoms with Crippen LogP contribution in [0.2, 0.25) is 0 Å². The Balaban J connectivity index is 1.39. The standard InChI is InChI=1S/C46H27N3/c1-47-39-26-15-29-42(49-40-27-12-10-18-31(40)32-19-11-13-28-41(32)49)45(39)38-25-14-24-37(46(38)48-2)44-35-22-8-6-20-33(35)43(30-16-4-3-5-17-30)34-21-7-9-23-36(34)44/h3-29H. The zero-order chi connectivity index (χ0) is 32.9. The van der Waals surface area contributed by atoms with Crippen LogP contribution in [-0.2, 0) is 0 Å². The van der Waals surface area contributed by atoms with Crippen LogP contribution in [0.4, 0.5) is 11.4 Å². The molecule has 0 fully saturated rings. The van der Waals surface area contributed by atoms with E-state index in [0.29, 0.717) is 11.4 Å². The lowest BCUT2D eigenvalue weighted by molar-refractivity contribution is 1.18. The summed E-state index contributed by atoms with van der Waals surface area (Å²) in [7, 11) is 0. The number of para-hydroxylation sites is 3. The SMILES string of the molecule is [C-]#[N+]c1cccc(-n2c3ccccc3c3ccccc32)c1-c1cccc(-c2c3ccccc3c(-c3ccccc3)c3ccccc23)c1[N+]#[C-]. The monoisotopic (exact) mass is 621 g/mol. The zero-order valence-electron chi connectivity index (χ0n) is 26.4. The molecule has 226 valence electrons. The highest BCUT2D eigenvalue weighted by atomic mass is 15.0. The Labute approximate surface area is 284 Å². The van der Waals surface area contributed by atoms with Crippen LogP contribution in [0, 0.1) is 13.1 Å². The van der Waals surface area contributed by atoms with Gasteiger partial charge in [0.05, 0.1) is 24.2 Å². The third kappa shape index (κ3) is 4.27. The van der Waals surface area contributed by atoms with Gasteiger partial charge in [0, 0.05) is 22.0 Å². The van der Waals surface area contributed by atoms with Gasteiger partial charge in [-0.3, -0.25) is 0 Å². The Morgan fingerprint density at radius 3 is 1.39 bits per heavy atom.